The molecule has 2 rings (SSSR count). The number of hydrogen-bond acceptors (Lipinski definition) is 2. The third-order valence-electron chi connectivity index (χ3n) is 2.91. The lowest BCUT2D eigenvalue weighted by Crippen LogP contribution is -2.52. The van der Waals surface area contributed by atoms with E-state index in [-0.39, 0.29) is 11.8 Å². The van der Waals surface area contributed by atoms with Crippen LogP contribution in [0.15, 0.2) is 0 Å². The molecule has 2 aliphatic rings. The van der Waals surface area contributed by atoms with Gasteiger partial charge in [0.1, 0.15) is 0 Å². The van der Waals surface area contributed by atoms with Crippen molar-refractivity contribution in [1.82, 2.24) is 5.32 Å². The smallest absolute Gasteiger partial charge is 0.223 e. The first-order chi connectivity index (χ1) is 5.77. The number of hydrogen-bond donors (Lipinski definition) is 1. The van der Waals surface area contributed by atoms with E-state index < -0.39 is 0 Å². The van der Waals surface area contributed by atoms with Gasteiger partial charge in [0.15, 0.2) is 0 Å². The van der Waals surface area contributed by atoms with Crippen LogP contribution in [0.3, 0.4) is 0 Å². The lowest BCUT2D eigenvalue weighted by atomic mass is 9.83. The molecule has 2 aliphatic heterocycles. The molecule has 0 radical (unpaired) electrons. The number of ether oxygens (including phenoxy) is 1. The largest absolute Gasteiger partial charge is 0.381 e. The van der Waals surface area contributed by atoms with Crippen LogP contribution in [-0.2, 0) is 9.53 Å². The number of fused-ring (bicyclic) bond motifs is 1. The van der Waals surface area contributed by atoms with Crippen LogP contribution in [0, 0.1) is 11.8 Å². The molecule has 68 valence electrons. The zero-order chi connectivity index (χ0) is 8.55. The van der Waals surface area contributed by atoms with Gasteiger partial charge < -0.3 is 10.1 Å². The molecule has 12 heavy (non-hydrogen) atoms. The van der Waals surface area contributed by atoms with Crippen LogP contribution in [0.2, 0.25) is 0 Å². The molecule has 0 aromatic carbocycles. The molecule has 0 spiro atoms. The fourth-order valence-electron chi connectivity index (χ4n) is 2.11. The molecule has 2 heterocycles. The summed E-state index contributed by atoms with van der Waals surface area (Å²) in [5.41, 5.74) is 0. The molecule has 3 nitrogen and oxygen atoms in total. The Bertz CT molecular complexity index is 193. The van der Waals surface area contributed by atoms with E-state index in [1.54, 1.807) is 0 Å². The minimum absolute atomic E-state index is 0.174. The summed E-state index contributed by atoms with van der Waals surface area (Å²) >= 11 is 0. The van der Waals surface area contributed by atoms with Crippen molar-refractivity contribution >= 4 is 5.91 Å². The second kappa shape index (κ2) is 3.05. The third-order valence-corrected chi connectivity index (χ3v) is 2.91. The van der Waals surface area contributed by atoms with Crippen molar-refractivity contribution in [2.45, 2.75) is 25.8 Å². The Hall–Kier alpha value is -0.570. The van der Waals surface area contributed by atoms with E-state index in [1.807, 2.05) is 6.92 Å². The summed E-state index contributed by atoms with van der Waals surface area (Å²) in [6.45, 7) is 3.62. The lowest BCUT2D eigenvalue weighted by molar-refractivity contribution is -0.131. The summed E-state index contributed by atoms with van der Waals surface area (Å²) in [6.07, 6.45) is 1.99. The van der Waals surface area contributed by atoms with Crippen LogP contribution in [0.4, 0.5) is 0 Å². The Kier molecular flexibility index (Phi) is 2.05. The molecule has 1 N–H and O–H groups in total. The minimum atomic E-state index is 0.174. The maximum absolute atomic E-state index is 11.3. The SMILES string of the molecule is CC1C[C@@H]2COCC[C@@H]2NC1=O. The lowest BCUT2D eigenvalue weighted by Gasteiger charge is -2.38. The average molecular weight is 169 g/mol. The van der Waals surface area contributed by atoms with Crippen molar-refractivity contribution < 1.29 is 9.53 Å². The number of carbonyl (C=O) groups is 1. The van der Waals surface area contributed by atoms with E-state index in [1.165, 1.54) is 0 Å². The molecule has 3 heteroatoms. The maximum Gasteiger partial charge on any atom is 0.223 e. The Labute approximate surface area is 72.5 Å². The predicted molar refractivity (Wildman–Crippen MR) is 44.6 cm³/mol. The fourth-order valence-corrected chi connectivity index (χ4v) is 2.11. The molecule has 0 aromatic rings. The topological polar surface area (TPSA) is 38.3 Å². The molecular formula is C9H15NO2. The Morgan fingerprint density at radius 1 is 1.58 bits per heavy atom. The van der Waals surface area contributed by atoms with Crippen molar-refractivity contribution in [2.75, 3.05) is 13.2 Å². The van der Waals surface area contributed by atoms with Crippen molar-refractivity contribution in [3.05, 3.63) is 0 Å². The summed E-state index contributed by atoms with van der Waals surface area (Å²) in [6, 6.07) is 0.391. The monoisotopic (exact) mass is 169 g/mol. The van der Waals surface area contributed by atoms with Gasteiger partial charge in [-0.25, -0.2) is 0 Å². The molecule has 2 fully saturated rings. The van der Waals surface area contributed by atoms with Gasteiger partial charge in [-0.15, -0.1) is 0 Å². The van der Waals surface area contributed by atoms with E-state index in [0.29, 0.717) is 12.0 Å². The van der Waals surface area contributed by atoms with Crippen molar-refractivity contribution in [3.8, 4) is 0 Å². The van der Waals surface area contributed by atoms with Gasteiger partial charge in [0.05, 0.1) is 6.61 Å². The first-order valence-electron chi connectivity index (χ1n) is 4.65. The van der Waals surface area contributed by atoms with Crippen LogP contribution in [0.5, 0.6) is 0 Å². The van der Waals surface area contributed by atoms with Gasteiger partial charge in [0.2, 0.25) is 5.91 Å². The van der Waals surface area contributed by atoms with E-state index >= 15 is 0 Å². The quantitative estimate of drug-likeness (QED) is 0.575. The molecule has 0 aromatic heterocycles. The van der Waals surface area contributed by atoms with Crippen molar-refractivity contribution in [2.24, 2.45) is 11.8 Å². The van der Waals surface area contributed by atoms with Crippen LogP contribution < -0.4 is 5.32 Å². The van der Waals surface area contributed by atoms with Gasteiger partial charge in [-0.1, -0.05) is 6.92 Å². The van der Waals surface area contributed by atoms with Gasteiger partial charge in [-0.3, -0.25) is 4.79 Å². The third kappa shape index (κ3) is 1.33. The van der Waals surface area contributed by atoms with Crippen LogP contribution in [-0.4, -0.2) is 25.2 Å². The molecule has 2 saturated heterocycles. The van der Waals surface area contributed by atoms with E-state index in [2.05, 4.69) is 5.32 Å². The second-order valence-electron chi connectivity index (χ2n) is 3.88. The molecule has 0 aliphatic carbocycles. The summed E-state index contributed by atoms with van der Waals surface area (Å²) in [5, 5.41) is 3.05. The van der Waals surface area contributed by atoms with E-state index in [9.17, 15) is 4.79 Å². The number of carbonyl (C=O) groups excluding carboxylic acids is 1. The molecular weight excluding hydrogens is 154 g/mol. The maximum atomic E-state index is 11.3. The van der Waals surface area contributed by atoms with E-state index in [4.69, 9.17) is 4.74 Å². The van der Waals surface area contributed by atoms with Gasteiger partial charge in [-0.05, 0) is 12.8 Å². The highest BCUT2D eigenvalue weighted by Crippen LogP contribution is 2.26. The van der Waals surface area contributed by atoms with Crippen molar-refractivity contribution in [3.63, 3.8) is 0 Å². The molecule has 1 unspecified atom stereocenters. The highest BCUT2D eigenvalue weighted by Gasteiger charge is 2.34. The number of rotatable bonds is 0. The highest BCUT2D eigenvalue weighted by molar-refractivity contribution is 5.79. The summed E-state index contributed by atoms with van der Waals surface area (Å²) in [4.78, 5) is 11.3. The predicted octanol–water partition coefficient (Wildman–Crippen LogP) is 0.547. The van der Waals surface area contributed by atoms with Gasteiger partial charge in [0.25, 0.3) is 0 Å². The van der Waals surface area contributed by atoms with Crippen LogP contribution in [0.25, 0.3) is 0 Å². The van der Waals surface area contributed by atoms with Gasteiger partial charge in [0, 0.05) is 24.5 Å². The number of amides is 1. The van der Waals surface area contributed by atoms with Crippen molar-refractivity contribution in [1.29, 1.82) is 0 Å². The van der Waals surface area contributed by atoms with Gasteiger partial charge in [-0.2, -0.15) is 0 Å². The molecule has 1 amide bonds. The van der Waals surface area contributed by atoms with Crippen LogP contribution >= 0.6 is 0 Å². The summed E-state index contributed by atoms with van der Waals surface area (Å²) < 4.78 is 5.37. The Morgan fingerprint density at radius 3 is 3.25 bits per heavy atom. The summed E-state index contributed by atoms with van der Waals surface area (Å²) in [5.74, 6) is 0.956. The first-order valence-corrected chi connectivity index (χ1v) is 4.65. The zero-order valence-electron chi connectivity index (χ0n) is 7.38. The molecule has 0 bridgehead atoms. The zero-order valence-corrected chi connectivity index (χ0v) is 7.38. The standard InChI is InChI=1S/C9H15NO2/c1-6-4-7-5-12-3-2-8(7)10-9(6)11/h6-8H,2-5H2,1H3,(H,10,11)/t6?,7-,8+/m1/s1. The Morgan fingerprint density at radius 2 is 2.42 bits per heavy atom. The highest BCUT2D eigenvalue weighted by atomic mass is 16.5. The molecule has 3 atom stereocenters. The summed E-state index contributed by atoms with van der Waals surface area (Å²) in [7, 11) is 0. The van der Waals surface area contributed by atoms with Crippen LogP contribution in [0.1, 0.15) is 19.8 Å². The second-order valence-corrected chi connectivity index (χ2v) is 3.88. The normalized spacial score (nSPS) is 41.8. The number of nitrogens with one attached hydrogen (secondary N) is 1. The van der Waals surface area contributed by atoms with E-state index in [0.717, 1.165) is 26.1 Å². The first kappa shape index (κ1) is 8.05. The minimum Gasteiger partial charge on any atom is -0.381 e. The fraction of sp³-hybridized carbons (Fsp3) is 0.889. The average Bonchev–Trinajstić information content (AvgIpc) is 2.07. The molecule has 0 saturated carbocycles. The number of piperidine rings is 1. The Balaban J connectivity index is 2.02. The van der Waals surface area contributed by atoms with Gasteiger partial charge >= 0.3 is 0 Å².